The lowest BCUT2D eigenvalue weighted by atomic mass is 9.84. The second kappa shape index (κ2) is 15.6. The number of benzene rings is 2. The van der Waals surface area contributed by atoms with E-state index in [1.54, 1.807) is 0 Å². The van der Waals surface area contributed by atoms with Crippen molar-refractivity contribution < 1.29 is 28.8 Å². The Morgan fingerprint density at radius 1 is 0.854 bits per heavy atom. The molecule has 0 fully saturated rings. The lowest BCUT2D eigenvalue weighted by molar-refractivity contribution is -0.142. The molecule has 2 aromatic carbocycles. The zero-order chi connectivity index (χ0) is 30.6. The van der Waals surface area contributed by atoms with Gasteiger partial charge >= 0.3 is 0 Å². The normalized spacial score (nSPS) is 13.4. The highest BCUT2D eigenvalue weighted by molar-refractivity contribution is 6.38. The van der Waals surface area contributed by atoms with Gasteiger partial charge in [-0.25, -0.2) is 0 Å². The lowest BCUT2D eigenvalue weighted by Crippen LogP contribution is -2.51. The third-order valence-electron chi connectivity index (χ3n) is 6.94. The first-order valence-electron chi connectivity index (χ1n) is 13.9. The highest BCUT2D eigenvalue weighted by Crippen LogP contribution is 2.22. The van der Waals surface area contributed by atoms with Crippen molar-refractivity contribution in [3.8, 4) is 0 Å². The van der Waals surface area contributed by atoms with Gasteiger partial charge in [0.15, 0.2) is 5.78 Å². The highest BCUT2D eigenvalue weighted by Gasteiger charge is 2.34. The van der Waals surface area contributed by atoms with Gasteiger partial charge in [0.25, 0.3) is 5.91 Å². The number of carbonyl (C=O) groups excluding carboxylic acids is 6. The topological polar surface area (TPSA) is 152 Å². The Balaban J connectivity index is 2.09. The molecule has 0 aliphatic carbocycles. The van der Waals surface area contributed by atoms with E-state index in [9.17, 15) is 28.8 Å². The van der Waals surface area contributed by atoms with E-state index in [1.165, 1.54) is 20.8 Å². The summed E-state index contributed by atoms with van der Waals surface area (Å²) in [5, 5.41) is 5.06. The van der Waals surface area contributed by atoms with Gasteiger partial charge in [-0.1, -0.05) is 87.9 Å². The van der Waals surface area contributed by atoms with E-state index in [1.807, 2.05) is 67.6 Å². The predicted molar refractivity (Wildman–Crippen MR) is 155 cm³/mol. The molecule has 0 saturated heterocycles. The Hall–Kier alpha value is -4.14. The number of carbonyl (C=O) groups is 6. The Labute approximate surface area is 241 Å². The van der Waals surface area contributed by atoms with E-state index in [0.717, 1.165) is 11.1 Å². The third kappa shape index (κ3) is 10.7. The Morgan fingerprint density at radius 3 is 1.95 bits per heavy atom. The number of hydrogen-bond acceptors (Lipinski definition) is 6. The Bertz CT molecular complexity index is 1230. The fraction of sp³-hybridized carbons (Fsp3) is 0.438. The largest absolute Gasteiger partial charge is 0.369 e. The molecule has 0 bridgehead atoms. The predicted octanol–water partition coefficient (Wildman–Crippen LogP) is 2.88. The van der Waals surface area contributed by atoms with Gasteiger partial charge in [0.05, 0.1) is 17.5 Å². The number of hydrogen-bond donors (Lipinski definition) is 3. The highest BCUT2D eigenvalue weighted by atomic mass is 16.2. The molecule has 0 saturated carbocycles. The minimum atomic E-state index is -1.19. The van der Waals surface area contributed by atoms with Crippen LogP contribution in [-0.2, 0) is 41.6 Å². The van der Waals surface area contributed by atoms with E-state index in [0.29, 0.717) is 6.42 Å². The molecule has 9 nitrogen and oxygen atoms in total. The van der Waals surface area contributed by atoms with Gasteiger partial charge in [0.1, 0.15) is 5.78 Å². The smallest absolute Gasteiger partial charge is 0.290 e. The zero-order valence-corrected chi connectivity index (χ0v) is 24.3. The van der Waals surface area contributed by atoms with Crippen molar-refractivity contribution in [1.29, 1.82) is 0 Å². The summed E-state index contributed by atoms with van der Waals surface area (Å²) in [6, 6.07) is 16.3. The van der Waals surface area contributed by atoms with Crippen LogP contribution in [-0.4, -0.2) is 47.2 Å². The molecule has 3 atom stereocenters. The van der Waals surface area contributed by atoms with Crippen LogP contribution in [0.25, 0.3) is 0 Å². The number of nitrogens with two attached hydrogens (primary N) is 1. The van der Waals surface area contributed by atoms with Crippen LogP contribution in [0.1, 0.15) is 64.5 Å². The second-order valence-corrected chi connectivity index (χ2v) is 11.1. The van der Waals surface area contributed by atoms with Crippen LogP contribution in [0.3, 0.4) is 0 Å². The summed E-state index contributed by atoms with van der Waals surface area (Å²) < 4.78 is 0. The van der Waals surface area contributed by atoms with E-state index < -0.39 is 52.7 Å². The van der Waals surface area contributed by atoms with Crippen molar-refractivity contribution in [1.82, 2.24) is 10.6 Å². The molecule has 9 heteroatoms. The summed E-state index contributed by atoms with van der Waals surface area (Å²) in [5.74, 6) is -4.38. The summed E-state index contributed by atoms with van der Waals surface area (Å²) in [6.07, 6.45) is 1.05. The zero-order valence-electron chi connectivity index (χ0n) is 24.3. The summed E-state index contributed by atoms with van der Waals surface area (Å²) in [5.41, 5.74) is 5.97. The Morgan fingerprint density at radius 2 is 1.41 bits per heavy atom. The fourth-order valence-corrected chi connectivity index (χ4v) is 4.40. The van der Waals surface area contributed by atoms with Gasteiger partial charge in [-0.3, -0.25) is 28.8 Å². The van der Waals surface area contributed by atoms with Crippen LogP contribution in [0, 0.1) is 11.3 Å². The number of Topliss-reactive ketones (excluding diaryl/α,β-unsaturated/α-hetero) is 3. The van der Waals surface area contributed by atoms with Crippen LogP contribution in [0.5, 0.6) is 0 Å². The molecule has 0 heterocycles. The van der Waals surface area contributed by atoms with E-state index in [2.05, 4.69) is 10.6 Å². The van der Waals surface area contributed by atoms with Crippen LogP contribution >= 0.6 is 0 Å². The maximum Gasteiger partial charge on any atom is 0.290 e. The van der Waals surface area contributed by atoms with Crippen LogP contribution in [0.2, 0.25) is 0 Å². The average Bonchev–Trinajstić information content (AvgIpc) is 2.92. The van der Waals surface area contributed by atoms with E-state index >= 15 is 0 Å². The van der Waals surface area contributed by atoms with Crippen LogP contribution in [0.15, 0.2) is 60.7 Å². The standard InChI is InChI=1S/C32H41N3O6/c1-5-12-26(27(37)20-32(3,4)31(33)41)35-30(40)28(38)21(2)34-29(39)24(17-22-13-8-6-9-14-22)19-25(36)18-23-15-10-7-11-16-23/h6-11,13-16,21,24,26H,5,12,17-20H2,1-4H3,(H2,33,41)(H,34,39)(H,35,40)/t21?,24-,26+/m1/s1. The number of primary amides is 1. The number of amides is 3. The summed E-state index contributed by atoms with van der Waals surface area (Å²) in [4.78, 5) is 76.3. The molecule has 2 aromatic rings. The van der Waals surface area contributed by atoms with Crippen molar-refractivity contribution in [2.45, 2.75) is 78.3 Å². The SMILES string of the molecule is CCC[C@H](NC(=O)C(=O)C(C)NC(=O)[C@@H](CC(=O)Cc1ccccc1)Cc1ccccc1)C(=O)CC(C)(C)C(N)=O. The van der Waals surface area contributed by atoms with Crippen molar-refractivity contribution in [2.75, 3.05) is 0 Å². The number of ketones is 3. The molecular weight excluding hydrogens is 522 g/mol. The van der Waals surface area contributed by atoms with E-state index in [-0.39, 0.29) is 37.9 Å². The van der Waals surface area contributed by atoms with Gasteiger partial charge in [0, 0.05) is 25.2 Å². The molecule has 2 rings (SSSR count). The van der Waals surface area contributed by atoms with Gasteiger partial charge in [-0.2, -0.15) is 0 Å². The van der Waals surface area contributed by atoms with Crippen molar-refractivity contribution >= 4 is 35.1 Å². The number of rotatable bonds is 17. The van der Waals surface area contributed by atoms with Gasteiger partial charge < -0.3 is 16.4 Å². The molecule has 4 N–H and O–H groups in total. The molecule has 0 aromatic heterocycles. The molecule has 220 valence electrons. The quantitative estimate of drug-likeness (QED) is 0.252. The van der Waals surface area contributed by atoms with Crippen molar-refractivity contribution in [3.63, 3.8) is 0 Å². The minimum Gasteiger partial charge on any atom is -0.369 e. The first-order valence-corrected chi connectivity index (χ1v) is 13.9. The van der Waals surface area contributed by atoms with Crippen LogP contribution in [0.4, 0.5) is 0 Å². The first kappa shape index (κ1) is 33.1. The third-order valence-corrected chi connectivity index (χ3v) is 6.94. The maximum atomic E-state index is 13.3. The molecular formula is C32H41N3O6. The lowest BCUT2D eigenvalue weighted by Gasteiger charge is -2.24. The average molecular weight is 564 g/mol. The van der Waals surface area contributed by atoms with Gasteiger partial charge in [-0.05, 0) is 30.9 Å². The molecule has 0 spiro atoms. The fourth-order valence-electron chi connectivity index (χ4n) is 4.40. The summed E-state index contributed by atoms with van der Waals surface area (Å²) in [6.45, 7) is 6.29. The molecule has 41 heavy (non-hydrogen) atoms. The summed E-state index contributed by atoms with van der Waals surface area (Å²) >= 11 is 0. The second-order valence-electron chi connectivity index (χ2n) is 11.1. The molecule has 1 unspecified atom stereocenters. The van der Waals surface area contributed by atoms with Crippen molar-refractivity contribution in [2.24, 2.45) is 17.1 Å². The monoisotopic (exact) mass is 563 g/mol. The molecule has 0 aliphatic heterocycles. The maximum absolute atomic E-state index is 13.3. The van der Waals surface area contributed by atoms with Gasteiger partial charge in [-0.15, -0.1) is 0 Å². The molecule has 0 radical (unpaired) electrons. The molecule has 3 amide bonds. The van der Waals surface area contributed by atoms with Crippen LogP contribution < -0.4 is 16.4 Å². The van der Waals surface area contributed by atoms with Crippen molar-refractivity contribution in [3.05, 3.63) is 71.8 Å². The van der Waals surface area contributed by atoms with E-state index in [4.69, 9.17) is 5.73 Å². The first-order chi connectivity index (χ1) is 19.3. The minimum absolute atomic E-state index is 0.0363. The summed E-state index contributed by atoms with van der Waals surface area (Å²) in [7, 11) is 0. The Kier molecular flexibility index (Phi) is 12.6. The molecule has 0 aliphatic rings. The van der Waals surface area contributed by atoms with Gasteiger partial charge in [0.2, 0.25) is 17.6 Å². The number of nitrogens with one attached hydrogen (secondary N) is 2.